The second-order valence-electron chi connectivity index (χ2n) is 4.02. The quantitative estimate of drug-likeness (QED) is 0.883. The zero-order valence-corrected chi connectivity index (χ0v) is 10.9. The number of aryl methyl sites for hydroxylation is 3. The standard InChI is InChI=1S/C13H14N2OS/c1-8-4-5-9(2)11(6-8)15-13(16)12-7-14-10(3)17-12/h4-7H,1-3H3,(H,15,16). The van der Waals surface area contributed by atoms with Crippen LogP contribution in [0.3, 0.4) is 0 Å². The van der Waals surface area contributed by atoms with E-state index < -0.39 is 0 Å². The number of anilines is 1. The molecular weight excluding hydrogens is 232 g/mol. The van der Waals surface area contributed by atoms with E-state index in [4.69, 9.17) is 0 Å². The summed E-state index contributed by atoms with van der Waals surface area (Å²) >= 11 is 1.40. The van der Waals surface area contributed by atoms with Crippen molar-refractivity contribution in [2.24, 2.45) is 0 Å². The highest BCUT2D eigenvalue weighted by atomic mass is 32.1. The fourth-order valence-electron chi connectivity index (χ4n) is 1.52. The van der Waals surface area contributed by atoms with Gasteiger partial charge in [-0.05, 0) is 38.0 Å². The molecule has 1 aromatic heterocycles. The van der Waals surface area contributed by atoms with Crippen LogP contribution in [0.25, 0.3) is 0 Å². The van der Waals surface area contributed by atoms with Gasteiger partial charge in [-0.25, -0.2) is 4.98 Å². The fourth-order valence-corrected chi connectivity index (χ4v) is 2.19. The molecule has 1 aromatic carbocycles. The smallest absolute Gasteiger partial charge is 0.267 e. The van der Waals surface area contributed by atoms with Crippen LogP contribution in [0.5, 0.6) is 0 Å². The SMILES string of the molecule is Cc1ccc(C)c(NC(=O)c2cnc(C)s2)c1. The van der Waals surface area contributed by atoms with Crippen molar-refractivity contribution in [3.05, 3.63) is 45.4 Å². The van der Waals surface area contributed by atoms with Gasteiger partial charge in [-0.3, -0.25) is 4.79 Å². The van der Waals surface area contributed by atoms with E-state index in [1.807, 2.05) is 39.0 Å². The van der Waals surface area contributed by atoms with E-state index in [-0.39, 0.29) is 5.91 Å². The highest BCUT2D eigenvalue weighted by molar-refractivity contribution is 7.13. The minimum absolute atomic E-state index is 0.0932. The molecule has 4 heteroatoms. The first kappa shape index (κ1) is 11.8. The summed E-state index contributed by atoms with van der Waals surface area (Å²) < 4.78 is 0. The summed E-state index contributed by atoms with van der Waals surface area (Å²) in [5, 5.41) is 3.81. The molecule has 0 spiro atoms. The summed E-state index contributed by atoms with van der Waals surface area (Å²) in [6.07, 6.45) is 1.61. The van der Waals surface area contributed by atoms with E-state index in [0.29, 0.717) is 4.88 Å². The number of hydrogen-bond acceptors (Lipinski definition) is 3. The van der Waals surface area contributed by atoms with E-state index in [1.165, 1.54) is 11.3 Å². The Morgan fingerprint density at radius 3 is 2.71 bits per heavy atom. The molecule has 0 radical (unpaired) electrons. The van der Waals surface area contributed by atoms with E-state index in [0.717, 1.165) is 21.8 Å². The van der Waals surface area contributed by atoms with Crippen molar-refractivity contribution in [2.75, 3.05) is 5.32 Å². The lowest BCUT2D eigenvalue weighted by Crippen LogP contribution is -2.11. The fraction of sp³-hybridized carbons (Fsp3) is 0.231. The zero-order chi connectivity index (χ0) is 12.4. The van der Waals surface area contributed by atoms with Gasteiger partial charge >= 0.3 is 0 Å². The van der Waals surface area contributed by atoms with Crippen LogP contribution < -0.4 is 5.32 Å². The number of nitrogens with one attached hydrogen (secondary N) is 1. The van der Waals surface area contributed by atoms with Gasteiger partial charge in [-0.1, -0.05) is 12.1 Å². The molecule has 3 nitrogen and oxygen atoms in total. The van der Waals surface area contributed by atoms with Gasteiger partial charge in [0.2, 0.25) is 0 Å². The Kier molecular flexibility index (Phi) is 3.24. The molecule has 0 aliphatic rings. The highest BCUT2D eigenvalue weighted by Gasteiger charge is 2.10. The van der Waals surface area contributed by atoms with Crippen LogP contribution in [0.15, 0.2) is 24.4 Å². The maximum absolute atomic E-state index is 12.0. The topological polar surface area (TPSA) is 42.0 Å². The second-order valence-corrected chi connectivity index (χ2v) is 5.25. The molecule has 0 fully saturated rings. The lowest BCUT2D eigenvalue weighted by atomic mass is 10.1. The minimum atomic E-state index is -0.0932. The molecule has 0 bridgehead atoms. The summed E-state index contributed by atoms with van der Waals surface area (Å²) in [5.74, 6) is -0.0932. The Balaban J connectivity index is 2.21. The van der Waals surface area contributed by atoms with Crippen LogP contribution >= 0.6 is 11.3 Å². The molecule has 2 rings (SSSR count). The van der Waals surface area contributed by atoms with Crippen LogP contribution in [0.4, 0.5) is 5.69 Å². The normalized spacial score (nSPS) is 10.3. The number of nitrogens with zero attached hydrogens (tertiary/aromatic N) is 1. The first-order valence-electron chi connectivity index (χ1n) is 5.37. The monoisotopic (exact) mass is 246 g/mol. The molecule has 1 amide bonds. The average Bonchev–Trinajstić information content (AvgIpc) is 2.70. The van der Waals surface area contributed by atoms with E-state index in [2.05, 4.69) is 10.3 Å². The number of thiazole rings is 1. The largest absolute Gasteiger partial charge is 0.321 e. The summed E-state index contributed by atoms with van der Waals surface area (Å²) in [6.45, 7) is 5.87. The van der Waals surface area contributed by atoms with Gasteiger partial charge in [-0.15, -0.1) is 11.3 Å². The molecule has 88 valence electrons. The number of hydrogen-bond donors (Lipinski definition) is 1. The Bertz CT molecular complexity index is 560. The van der Waals surface area contributed by atoms with Crippen molar-refractivity contribution < 1.29 is 4.79 Å². The van der Waals surface area contributed by atoms with Crippen molar-refractivity contribution in [1.29, 1.82) is 0 Å². The number of carbonyl (C=O) groups is 1. The predicted molar refractivity (Wildman–Crippen MR) is 70.7 cm³/mol. The molecule has 0 atom stereocenters. The molecule has 0 aliphatic heterocycles. The third-order valence-electron chi connectivity index (χ3n) is 2.49. The Labute approximate surface area is 105 Å². The van der Waals surface area contributed by atoms with Gasteiger partial charge in [0, 0.05) is 5.69 Å². The maximum atomic E-state index is 12.0. The predicted octanol–water partition coefficient (Wildman–Crippen LogP) is 3.32. The number of amides is 1. The van der Waals surface area contributed by atoms with Crippen LogP contribution in [-0.4, -0.2) is 10.9 Å². The van der Waals surface area contributed by atoms with Gasteiger partial charge in [0.05, 0.1) is 11.2 Å². The van der Waals surface area contributed by atoms with Gasteiger partial charge in [0.25, 0.3) is 5.91 Å². The van der Waals surface area contributed by atoms with Crippen molar-refractivity contribution >= 4 is 22.9 Å². The van der Waals surface area contributed by atoms with Crippen LogP contribution in [-0.2, 0) is 0 Å². The van der Waals surface area contributed by atoms with E-state index >= 15 is 0 Å². The summed E-state index contributed by atoms with van der Waals surface area (Å²) in [7, 11) is 0. The molecule has 0 saturated heterocycles. The molecule has 1 heterocycles. The number of benzene rings is 1. The van der Waals surface area contributed by atoms with E-state index in [9.17, 15) is 4.79 Å². The van der Waals surface area contributed by atoms with Crippen LogP contribution in [0.1, 0.15) is 25.8 Å². The Morgan fingerprint density at radius 2 is 2.06 bits per heavy atom. The van der Waals surface area contributed by atoms with E-state index in [1.54, 1.807) is 6.20 Å². The lowest BCUT2D eigenvalue weighted by molar-refractivity contribution is 0.103. The molecule has 1 N–H and O–H groups in total. The molecular formula is C13H14N2OS. The Hall–Kier alpha value is -1.68. The highest BCUT2D eigenvalue weighted by Crippen LogP contribution is 2.19. The molecule has 17 heavy (non-hydrogen) atoms. The lowest BCUT2D eigenvalue weighted by Gasteiger charge is -2.07. The molecule has 0 unspecified atom stereocenters. The first-order valence-corrected chi connectivity index (χ1v) is 6.19. The third-order valence-corrected chi connectivity index (χ3v) is 3.40. The van der Waals surface area contributed by atoms with Gasteiger partial charge in [0.15, 0.2) is 0 Å². The van der Waals surface area contributed by atoms with Crippen molar-refractivity contribution in [3.8, 4) is 0 Å². The minimum Gasteiger partial charge on any atom is -0.321 e. The molecule has 0 saturated carbocycles. The number of carbonyl (C=O) groups excluding carboxylic acids is 1. The van der Waals surface area contributed by atoms with Crippen LogP contribution in [0.2, 0.25) is 0 Å². The van der Waals surface area contributed by atoms with Gasteiger partial charge in [-0.2, -0.15) is 0 Å². The van der Waals surface area contributed by atoms with Crippen molar-refractivity contribution in [3.63, 3.8) is 0 Å². The first-order chi connectivity index (χ1) is 8.06. The summed E-state index contributed by atoms with van der Waals surface area (Å²) in [6, 6.07) is 6.01. The zero-order valence-electron chi connectivity index (χ0n) is 10.1. The second kappa shape index (κ2) is 4.67. The third kappa shape index (κ3) is 2.71. The Morgan fingerprint density at radius 1 is 1.29 bits per heavy atom. The molecule has 2 aromatic rings. The summed E-state index contributed by atoms with van der Waals surface area (Å²) in [5.41, 5.74) is 3.05. The number of rotatable bonds is 2. The maximum Gasteiger partial charge on any atom is 0.267 e. The van der Waals surface area contributed by atoms with Gasteiger partial charge in [0.1, 0.15) is 4.88 Å². The molecule has 0 aliphatic carbocycles. The van der Waals surface area contributed by atoms with Gasteiger partial charge < -0.3 is 5.32 Å². The summed E-state index contributed by atoms with van der Waals surface area (Å²) in [4.78, 5) is 16.7. The van der Waals surface area contributed by atoms with Crippen molar-refractivity contribution in [1.82, 2.24) is 4.98 Å². The van der Waals surface area contributed by atoms with Crippen molar-refractivity contribution in [2.45, 2.75) is 20.8 Å². The van der Waals surface area contributed by atoms with Crippen LogP contribution in [0, 0.1) is 20.8 Å². The average molecular weight is 246 g/mol. The number of aromatic nitrogens is 1.